The van der Waals surface area contributed by atoms with Gasteiger partial charge < -0.3 is 10.2 Å². The highest BCUT2D eigenvalue weighted by Crippen LogP contribution is 2.15. The van der Waals surface area contributed by atoms with Crippen LogP contribution >= 0.6 is 0 Å². The second kappa shape index (κ2) is 9.32. The number of hydrogen-bond donors (Lipinski definition) is 2. The van der Waals surface area contributed by atoms with Crippen LogP contribution in [0.15, 0.2) is 53.4 Å². The fourth-order valence-electron chi connectivity index (χ4n) is 2.93. The van der Waals surface area contributed by atoms with Crippen LogP contribution in [0.5, 0.6) is 0 Å². The fraction of sp³-hybridized carbons (Fsp3) is 0.381. The average Bonchev–Trinajstić information content (AvgIpc) is 2.68. The van der Waals surface area contributed by atoms with Crippen molar-refractivity contribution in [2.45, 2.75) is 24.3 Å². The van der Waals surface area contributed by atoms with E-state index < -0.39 is 10.0 Å². The molecule has 0 saturated carbocycles. The zero-order chi connectivity index (χ0) is 20.9. The van der Waals surface area contributed by atoms with Crippen molar-refractivity contribution >= 4 is 15.9 Å². The third-order valence-corrected chi connectivity index (χ3v) is 6.68. The van der Waals surface area contributed by atoms with Crippen LogP contribution in [0.4, 0.5) is 0 Å². The summed E-state index contributed by atoms with van der Waals surface area (Å²) < 4.78 is 25.4. The van der Waals surface area contributed by atoms with Crippen LogP contribution in [-0.4, -0.2) is 53.4 Å². The highest BCUT2D eigenvalue weighted by Gasteiger charge is 2.20. The number of benzene rings is 2. The molecule has 0 aliphatic rings. The van der Waals surface area contributed by atoms with Gasteiger partial charge in [-0.1, -0.05) is 31.2 Å². The van der Waals surface area contributed by atoms with E-state index in [4.69, 9.17) is 0 Å². The minimum absolute atomic E-state index is 0.128. The van der Waals surface area contributed by atoms with Gasteiger partial charge in [0.2, 0.25) is 10.0 Å². The van der Waals surface area contributed by atoms with Crippen LogP contribution in [0.1, 0.15) is 34.5 Å². The summed E-state index contributed by atoms with van der Waals surface area (Å²) in [4.78, 5) is 13.9. The molecule has 6 nitrogen and oxygen atoms in total. The maximum Gasteiger partial charge on any atom is 0.251 e. The summed E-state index contributed by atoms with van der Waals surface area (Å²) in [5, 5.41) is 2.97. The lowest BCUT2D eigenvalue weighted by atomic mass is 10.0. The molecule has 0 aromatic heterocycles. The van der Waals surface area contributed by atoms with Crippen molar-refractivity contribution in [3.63, 3.8) is 0 Å². The summed E-state index contributed by atoms with van der Waals surface area (Å²) in [7, 11) is 3.58. The maximum atomic E-state index is 12.5. The van der Waals surface area contributed by atoms with Crippen molar-refractivity contribution < 1.29 is 18.1 Å². The molecular formula is C21H30N3O3S+. The number of nitrogens with zero attached hydrogens (tertiary/aromatic N) is 1. The highest BCUT2D eigenvalue weighted by molar-refractivity contribution is 7.89. The second-order valence-electron chi connectivity index (χ2n) is 7.25. The van der Waals surface area contributed by atoms with Crippen LogP contribution in [-0.2, 0) is 16.4 Å². The third kappa shape index (κ3) is 5.19. The van der Waals surface area contributed by atoms with Gasteiger partial charge >= 0.3 is 0 Å². The van der Waals surface area contributed by atoms with Gasteiger partial charge in [0.15, 0.2) is 0 Å². The molecule has 1 amide bonds. The molecule has 0 bridgehead atoms. The predicted octanol–water partition coefficient (Wildman–Crippen LogP) is 1.11. The van der Waals surface area contributed by atoms with Crippen LogP contribution in [0.25, 0.3) is 0 Å². The zero-order valence-corrected chi connectivity index (χ0v) is 18.0. The highest BCUT2D eigenvalue weighted by atomic mass is 32.2. The van der Waals surface area contributed by atoms with E-state index in [1.807, 2.05) is 0 Å². The number of aryl methyl sites for hydroxylation is 1. The molecule has 2 N–H and O–H groups in total. The molecule has 1 atom stereocenters. The largest absolute Gasteiger partial charge is 0.346 e. The number of hydrogen-bond acceptors (Lipinski definition) is 3. The monoisotopic (exact) mass is 404 g/mol. The molecule has 0 spiro atoms. The van der Waals surface area contributed by atoms with Gasteiger partial charge in [-0.15, -0.1) is 0 Å². The van der Waals surface area contributed by atoms with Crippen LogP contribution < -0.4 is 10.2 Å². The molecule has 28 heavy (non-hydrogen) atoms. The number of rotatable bonds is 8. The van der Waals surface area contributed by atoms with Gasteiger partial charge in [0.1, 0.15) is 6.04 Å². The topological polar surface area (TPSA) is 70.9 Å². The first kappa shape index (κ1) is 22.1. The number of amides is 1. The summed E-state index contributed by atoms with van der Waals surface area (Å²) in [6.45, 7) is 2.61. The number of carbonyl (C=O) groups is 1. The number of sulfonamides is 1. The first-order valence-corrected chi connectivity index (χ1v) is 10.8. The summed E-state index contributed by atoms with van der Waals surface area (Å²) >= 11 is 0. The Hall–Kier alpha value is -2.22. The molecule has 0 aliphatic heterocycles. The van der Waals surface area contributed by atoms with E-state index in [0.29, 0.717) is 12.1 Å². The lowest BCUT2D eigenvalue weighted by Crippen LogP contribution is -3.07. The fourth-order valence-corrected chi connectivity index (χ4v) is 3.83. The lowest BCUT2D eigenvalue weighted by molar-refractivity contribution is -0.890. The van der Waals surface area contributed by atoms with E-state index >= 15 is 0 Å². The molecule has 2 rings (SSSR count). The third-order valence-electron chi connectivity index (χ3n) is 4.85. The van der Waals surface area contributed by atoms with Crippen molar-refractivity contribution in [1.29, 1.82) is 0 Å². The first-order valence-electron chi connectivity index (χ1n) is 9.36. The standard InChI is InChI=1S/C21H29N3O3S/c1-6-16-7-9-17(10-8-16)20(23(2)3)15-22-21(25)18-11-13-19(14-12-18)28(26,27)24(4)5/h7-14,20H,6,15H2,1-5H3,(H,22,25)/p+1/t20-/m1/s1. The van der Waals surface area contributed by atoms with Crippen LogP contribution in [0.3, 0.4) is 0 Å². The Bertz CT molecular complexity index is 889. The van der Waals surface area contributed by atoms with E-state index in [1.165, 1.54) is 42.3 Å². The molecule has 152 valence electrons. The minimum atomic E-state index is -3.50. The van der Waals surface area contributed by atoms with Gasteiger partial charge in [0, 0.05) is 25.2 Å². The quantitative estimate of drug-likeness (QED) is 0.693. The van der Waals surface area contributed by atoms with E-state index in [9.17, 15) is 13.2 Å². The Morgan fingerprint density at radius 2 is 1.61 bits per heavy atom. The van der Waals surface area contributed by atoms with Crippen molar-refractivity contribution in [3.8, 4) is 0 Å². The van der Waals surface area contributed by atoms with E-state index in [2.05, 4.69) is 50.6 Å². The molecule has 0 fully saturated rings. The van der Waals surface area contributed by atoms with Crippen molar-refractivity contribution in [1.82, 2.24) is 9.62 Å². The molecule has 7 heteroatoms. The van der Waals surface area contributed by atoms with Crippen LogP contribution in [0.2, 0.25) is 0 Å². The number of likely N-dealkylation sites (N-methyl/N-ethyl adjacent to an activating group) is 1. The van der Waals surface area contributed by atoms with Crippen molar-refractivity contribution in [2.75, 3.05) is 34.7 Å². The molecular weight excluding hydrogens is 374 g/mol. The molecule has 0 heterocycles. The molecule has 0 aliphatic carbocycles. The second-order valence-corrected chi connectivity index (χ2v) is 9.40. The maximum absolute atomic E-state index is 12.5. The smallest absolute Gasteiger partial charge is 0.251 e. The summed E-state index contributed by atoms with van der Waals surface area (Å²) in [6.07, 6.45) is 0.996. The normalized spacial score (nSPS) is 13.0. The van der Waals surface area contributed by atoms with Gasteiger partial charge in [-0.2, -0.15) is 0 Å². The molecule has 0 saturated heterocycles. The Labute approximate surface area is 168 Å². The number of quaternary nitrogens is 1. The zero-order valence-electron chi connectivity index (χ0n) is 17.2. The van der Waals surface area contributed by atoms with E-state index in [-0.39, 0.29) is 16.8 Å². The SMILES string of the molecule is CCc1ccc([C@@H](CNC(=O)c2ccc(S(=O)(=O)N(C)C)cc2)[NH+](C)C)cc1. The van der Waals surface area contributed by atoms with Gasteiger partial charge in [-0.25, -0.2) is 12.7 Å². The Morgan fingerprint density at radius 1 is 1.04 bits per heavy atom. The van der Waals surface area contributed by atoms with Gasteiger partial charge in [-0.05, 0) is 36.2 Å². The molecule has 2 aromatic rings. The van der Waals surface area contributed by atoms with Crippen molar-refractivity contribution in [3.05, 3.63) is 65.2 Å². The average molecular weight is 405 g/mol. The lowest BCUT2D eigenvalue weighted by Gasteiger charge is -2.22. The molecule has 0 unspecified atom stereocenters. The summed E-state index contributed by atoms with van der Waals surface area (Å²) in [6, 6.07) is 14.6. The minimum Gasteiger partial charge on any atom is -0.346 e. The molecule has 0 radical (unpaired) electrons. The van der Waals surface area contributed by atoms with Gasteiger partial charge in [0.25, 0.3) is 5.91 Å². The first-order chi connectivity index (χ1) is 13.2. The van der Waals surface area contributed by atoms with E-state index in [1.54, 1.807) is 12.1 Å². The Morgan fingerprint density at radius 3 is 2.07 bits per heavy atom. The number of carbonyl (C=O) groups excluding carboxylic acids is 1. The Balaban J connectivity index is 2.08. The van der Waals surface area contributed by atoms with Crippen molar-refractivity contribution in [2.24, 2.45) is 0 Å². The van der Waals surface area contributed by atoms with E-state index in [0.717, 1.165) is 10.7 Å². The Kier molecular flexibility index (Phi) is 7.35. The van der Waals surface area contributed by atoms with Gasteiger partial charge in [-0.3, -0.25) is 4.79 Å². The molecule has 2 aromatic carbocycles. The summed E-state index contributed by atoms with van der Waals surface area (Å²) in [5.74, 6) is -0.217. The number of nitrogens with one attached hydrogen (secondary N) is 2. The van der Waals surface area contributed by atoms with Gasteiger partial charge in [0.05, 0.1) is 25.5 Å². The predicted molar refractivity (Wildman–Crippen MR) is 111 cm³/mol. The van der Waals surface area contributed by atoms with Crippen LogP contribution in [0, 0.1) is 0 Å². The summed E-state index contributed by atoms with van der Waals surface area (Å²) in [5.41, 5.74) is 2.89.